The molecule has 6 nitrogen and oxygen atoms in total. The van der Waals surface area contributed by atoms with Crippen LogP contribution in [-0.2, 0) is 4.79 Å². The lowest BCUT2D eigenvalue weighted by atomic mass is 10.2. The number of hydrogen-bond donors (Lipinski definition) is 2. The molecule has 0 radical (unpaired) electrons. The summed E-state index contributed by atoms with van der Waals surface area (Å²) in [5.74, 6) is 0.619. The first kappa shape index (κ1) is 19.7. The quantitative estimate of drug-likeness (QED) is 0.428. The molecular formula is C16H13Br3N2O4. The van der Waals surface area contributed by atoms with Crippen molar-refractivity contribution in [2.45, 2.75) is 0 Å². The number of phenols is 1. The van der Waals surface area contributed by atoms with Gasteiger partial charge in [-0.3, -0.25) is 4.79 Å². The summed E-state index contributed by atoms with van der Waals surface area (Å²) in [5.41, 5.74) is 3.08. The van der Waals surface area contributed by atoms with Gasteiger partial charge in [0, 0.05) is 4.47 Å². The number of nitrogens with one attached hydrogen (secondary N) is 1. The summed E-state index contributed by atoms with van der Waals surface area (Å²) < 4.78 is 12.7. The normalized spacial score (nSPS) is 10.7. The number of carbonyl (C=O) groups is 1. The highest BCUT2D eigenvalue weighted by Gasteiger charge is 2.12. The zero-order valence-corrected chi connectivity index (χ0v) is 17.7. The number of ether oxygens (including phenoxy) is 2. The Kier molecular flexibility index (Phi) is 7.27. The number of hydrogen-bond acceptors (Lipinski definition) is 5. The van der Waals surface area contributed by atoms with Crippen LogP contribution in [-0.4, -0.2) is 30.9 Å². The van der Waals surface area contributed by atoms with Crippen LogP contribution in [0.15, 0.2) is 48.9 Å². The van der Waals surface area contributed by atoms with Crippen molar-refractivity contribution in [1.29, 1.82) is 0 Å². The van der Waals surface area contributed by atoms with Crippen LogP contribution in [0.5, 0.6) is 17.2 Å². The van der Waals surface area contributed by atoms with E-state index in [-0.39, 0.29) is 12.4 Å². The molecule has 0 atom stereocenters. The van der Waals surface area contributed by atoms with Crippen molar-refractivity contribution in [1.82, 2.24) is 5.43 Å². The monoisotopic (exact) mass is 534 g/mol. The summed E-state index contributed by atoms with van der Waals surface area (Å²) in [6.07, 6.45) is 1.46. The second-order valence-corrected chi connectivity index (χ2v) is 7.34. The SMILES string of the molecule is COc1cc(Br)cc(Br)c1OCC(=O)N/N=C/c1ccc(O)c(Br)c1. The van der Waals surface area contributed by atoms with Gasteiger partial charge in [0.2, 0.25) is 0 Å². The second kappa shape index (κ2) is 9.21. The third-order valence-electron chi connectivity index (χ3n) is 2.92. The first-order valence-corrected chi connectivity index (χ1v) is 9.25. The van der Waals surface area contributed by atoms with E-state index in [1.807, 2.05) is 0 Å². The number of phenolic OH excluding ortho intramolecular Hbond substituents is 1. The number of nitrogens with zero attached hydrogens (tertiary/aromatic N) is 1. The van der Waals surface area contributed by atoms with Crippen molar-refractivity contribution >= 4 is 59.9 Å². The number of halogens is 3. The Balaban J connectivity index is 1.93. The van der Waals surface area contributed by atoms with Crippen LogP contribution in [0.2, 0.25) is 0 Å². The maximum Gasteiger partial charge on any atom is 0.277 e. The number of aromatic hydroxyl groups is 1. The van der Waals surface area contributed by atoms with Gasteiger partial charge in [-0.2, -0.15) is 5.10 Å². The van der Waals surface area contributed by atoms with Crippen LogP contribution in [0.1, 0.15) is 5.56 Å². The van der Waals surface area contributed by atoms with Gasteiger partial charge in [-0.1, -0.05) is 15.9 Å². The van der Waals surface area contributed by atoms with E-state index in [1.54, 1.807) is 24.3 Å². The molecule has 0 aliphatic rings. The molecule has 0 fully saturated rings. The zero-order chi connectivity index (χ0) is 18.4. The van der Waals surface area contributed by atoms with Gasteiger partial charge in [0.25, 0.3) is 5.91 Å². The number of hydrazone groups is 1. The third kappa shape index (κ3) is 5.72. The first-order chi connectivity index (χ1) is 11.9. The van der Waals surface area contributed by atoms with Crippen molar-refractivity contribution < 1.29 is 19.4 Å². The summed E-state index contributed by atoms with van der Waals surface area (Å²) in [6, 6.07) is 8.38. The maximum atomic E-state index is 11.8. The number of rotatable bonds is 6. The van der Waals surface area contributed by atoms with Crippen molar-refractivity contribution in [2.24, 2.45) is 5.10 Å². The molecule has 2 aromatic carbocycles. The predicted octanol–water partition coefficient (Wildman–Crippen LogP) is 4.22. The van der Waals surface area contributed by atoms with Crippen molar-refractivity contribution in [3.63, 3.8) is 0 Å². The van der Waals surface area contributed by atoms with Crippen LogP contribution in [0.4, 0.5) is 0 Å². The molecular weight excluding hydrogens is 524 g/mol. The van der Waals surface area contributed by atoms with Crippen molar-refractivity contribution in [2.75, 3.05) is 13.7 Å². The Morgan fingerprint density at radius 2 is 2.00 bits per heavy atom. The molecule has 0 aliphatic carbocycles. The molecule has 2 rings (SSSR count). The maximum absolute atomic E-state index is 11.8. The topological polar surface area (TPSA) is 80.2 Å². The van der Waals surface area contributed by atoms with Crippen LogP contribution >= 0.6 is 47.8 Å². The summed E-state index contributed by atoms with van der Waals surface area (Å²) >= 11 is 9.92. The average molecular weight is 537 g/mol. The van der Waals surface area contributed by atoms with Crippen LogP contribution in [0.25, 0.3) is 0 Å². The summed E-state index contributed by atoms with van der Waals surface area (Å²) in [5, 5.41) is 13.3. The van der Waals surface area contributed by atoms with E-state index in [1.165, 1.54) is 19.4 Å². The molecule has 0 aliphatic heterocycles. The molecule has 25 heavy (non-hydrogen) atoms. The van der Waals surface area contributed by atoms with Crippen LogP contribution < -0.4 is 14.9 Å². The summed E-state index contributed by atoms with van der Waals surface area (Å²) in [6.45, 7) is -0.229. The van der Waals surface area contributed by atoms with Gasteiger partial charge < -0.3 is 14.6 Å². The van der Waals surface area contributed by atoms with E-state index in [0.29, 0.717) is 26.0 Å². The fourth-order valence-electron chi connectivity index (χ4n) is 1.78. The Labute approximate surface area is 169 Å². The minimum atomic E-state index is -0.425. The molecule has 132 valence electrons. The Hall–Kier alpha value is -1.58. The molecule has 0 spiro atoms. The molecule has 0 unspecified atom stereocenters. The third-order valence-corrected chi connectivity index (χ3v) is 4.60. The lowest BCUT2D eigenvalue weighted by Crippen LogP contribution is -2.24. The molecule has 0 aromatic heterocycles. The lowest BCUT2D eigenvalue weighted by molar-refractivity contribution is -0.123. The van der Waals surface area contributed by atoms with E-state index < -0.39 is 5.91 Å². The fraction of sp³-hybridized carbons (Fsp3) is 0.125. The highest BCUT2D eigenvalue weighted by molar-refractivity contribution is 9.11. The predicted molar refractivity (Wildman–Crippen MR) is 105 cm³/mol. The number of methoxy groups -OCH3 is 1. The number of amides is 1. The van der Waals surface area contributed by atoms with Gasteiger partial charge in [0.05, 0.1) is 22.3 Å². The molecule has 0 heterocycles. The number of benzene rings is 2. The molecule has 9 heteroatoms. The largest absolute Gasteiger partial charge is 0.507 e. The van der Waals surface area contributed by atoms with Gasteiger partial charge in [0.1, 0.15) is 5.75 Å². The molecule has 0 saturated carbocycles. The Bertz CT molecular complexity index is 812. The Morgan fingerprint density at radius 3 is 2.68 bits per heavy atom. The minimum Gasteiger partial charge on any atom is -0.507 e. The molecule has 1 amide bonds. The summed E-state index contributed by atoms with van der Waals surface area (Å²) in [4.78, 5) is 11.8. The highest BCUT2D eigenvalue weighted by Crippen LogP contribution is 2.38. The van der Waals surface area contributed by atoms with Crippen molar-refractivity contribution in [3.8, 4) is 17.2 Å². The average Bonchev–Trinajstić information content (AvgIpc) is 2.56. The van der Waals surface area contributed by atoms with E-state index >= 15 is 0 Å². The molecule has 0 saturated heterocycles. The fourth-order valence-corrected chi connectivity index (χ4v) is 3.48. The molecule has 2 aromatic rings. The van der Waals surface area contributed by atoms with Gasteiger partial charge in [-0.25, -0.2) is 5.43 Å². The van der Waals surface area contributed by atoms with Gasteiger partial charge in [-0.15, -0.1) is 0 Å². The highest BCUT2D eigenvalue weighted by atomic mass is 79.9. The molecule has 2 N–H and O–H groups in total. The van der Waals surface area contributed by atoms with Gasteiger partial charge in [0.15, 0.2) is 18.1 Å². The molecule has 0 bridgehead atoms. The standard InChI is InChI=1S/C16H13Br3N2O4/c1-24-14-6-10(17)5-12(19)16(14)25-8-15(23)21-20-7-9-2-3-13(22)11(18)4-9/h2-7,22H,8H2,1H3,(H,21,23)/b20-7+. The van der Waals surface area contributed by atoms with Crippen LogP contribution in [0, 0.1) is 0 Å². The Morgan fingerprint density at radius 1 is 1.24 bits per heavy atom. The van der Waals surface area contributed by atoms with E-state index in [4.69, 9.17) is 9.47 Å². The zero-order valence-electron chi connectivity index (χ0n) is 12.9. The minimum absolute atomic E-state index is 0.128. The van der Waals surface area contributed by atoms with E-state index in [9.17, 15) is 9.90 Å². The lowest BCUT2D eigenvalue weighted by Gasteiger charge is -2.12. The first-order valence-electron chi connectivity index (χ1n) is 6.87. The summed E-state index contributed by atoms with van der Waals surface area (Å²) in [7, 11) is 1.52. The number of carbonyl (C=O) groups excluding carboxylic acids is 1. The smallest absolute Gasteiger partial charge is 0.277 e. The second-order valence-electron chi connectivity index (χ2n) is 4.71. The van der Waals surface area contributed by atoms with Gasteiger partial charge in [-0.05, 0) is 67.8 Å². The van der Waals surface area contributed by atoms with Crippen LogP contribution in [0.3, 0.4) is 0 Å². The van der Waals surface area contributed by atoms with E-state index in [2.05, 4.69) is 58.3 Å². The van der Waals surface area contributed by atoms with E-state index in [0.717, 1.165) is 4.47 Å². The van der Waals surface area contributed by atoms with Crippen molar-refractivity contribution in [3.05, 3.63) is 49.3 Å². The van der Waals surface area contributed by atoms with Gasteiger partial charge >= 0.3 is 0 Å².